The van der Waals surface area contributed by atoms with Crippen LogP contribution in [0.25, 0.3) is 5.57 Å². The van der Waals surface area contributed by atoms with Gasteiger partial charge in [0.2, 0.25) is 11.3 Å². The number of carboxylic acids is 1. The van der Waals surface area contributed by atoms with E-state index in [1.54, 1.807) is 12.1 Å². The molecule has 0 radical (unpaired) electrons. The third kappa shape index (κ3) is 10.6. The molecule has 18 heteroatoms. The second kappa shape index (κ2) is 22.1. The lowest BCUT2D eigenvalue weighted by Gasteiger charge is -2.36. The number of likely N-dealkylation sites (tertiary alicyclic amines) is 1. The van der Waals surface area contributed by atoms with Crippen LogP contribution in [0.5, 0.6) is 17.2 Å². The molecule has 414 valence electrons. The number of alkyl halides is 3. The van der Waals surface area contributed by atoms with Gasteiger partial charge in [0, 0.05) is 109 Å². The second-order valence-corrected chi connectivity index (χ2v) is 22.5. The van der Waals surface area contributed by atoms with Crippen LogP contribution < -0.4 is 55.7 Å². The standard InChI is InChI=1S/C61H67F3N8O7/c62-61(63,64)53-50(33-67-68-59(53)75)72-34-40-15-17-43(29-41(40)35-72)78-42-19-27-69(28-20-42)36-51(73)65-21-5-1-2-6-22-66-58(74)39-16-18-44(60(76)77)47(32-39)52-48-30-37-11-3-7-23-70-25-9-13-45(54(37)70)56(48)79-57-46-14-10-26-71-24-8-4-12-38(55(46)71)31-49(52)57/h15-18,29-33,42H,1-14,19-28,34-36H2,(H3-,65,66,68,73,74,75,76,77). The van der Waals surface area contributed by atoms with Crippen LogP contribution in [-0.2, 0) is 49.7 Å². The summed E-state index contributed by atoms with van der Waals surface area (Å²) in [4.78, 5) is 58.2. The number of carboxylic acid groups (broad SMARTS) is 1. The number of aryl methyl sites for hydroxylation is 2. The van der Waals surface area contributed by atoms with Gasteiger partial charge in [-0.1, -0.05) is 25.0 Å². The number of amides is 2. The Bertz CT molecular complexity index is 3440. The quantitative estimate of drug-likeness (QED) is 0.0833. The molecule has 0 unspecified atom stereocenters. The smallest absolute Gasteiger partial charge is 0.423 e. The highest BCUT2D eigenvalue weighted by Gasteiger charge is 2.40. The summed E-state index contributed by atoms with van der Waals surface area (Å²) >= 11 is 0. The van der Waals surface area contributed by atoms with Crippen LogP contribution in [0.3, 0.4) is 0 Å². The number of carbonyl (C=O) groups is 3. The number of anilines is 2. The number of aromatic nitrogens is 2. The van der Waals surface area contributed by atoms with Gasteiger partial charge in [-0.2, -0.15) is 18.3 Å². The number of H-pyrrole nitrogens is 1. The van der Waals surface area contributed by atoms with E-state index in [-0.39, 0.29) is 48.8 Å². The maximum Gasteiger partial charge on any atom is 0.423 e. The third-order valence-electron chi connectivity index (χ3n) is 17.2. The Morgan fingerprint density at radius 1 is 0.759 bits per heavy atom. The van der Waals surface area contributed by atoms with E-state index in [0.717, 1.165) is 161 Å². The monoisotopic (exact) mass is 1080 g/mol. The molecular weight excluding hydrogens is 1010 g/mol. The van der Waals surface area contributed by atoms with Gasteiger partial charge in [0.25, 0.3) is 11.5 Å². The molecule has 7 aliphatic heterocycles. The largest absolute Gasteiger partial charge is 0.545 e. The zero-order valence-electron chi connectivity index (χ0n) is 44.6. The molecule has 0 spiro atoms. The topological polar surface area (TPSA) is 175 Å². The van der Waals surface area contributed by atoms with Crippen molar-refractivity contribution in [3.8, 4) is 17.2 Å². The lowest BCUT2D eigenvalue weighted by atomic mass is 9.82. The number of rotatable bonds is 15. The summed E-state index contributed by atoms with van der Waals surface area (Å²) in [5.41, 5.74) is 7.76. The van der Waals surface area contributed by atoms with E-state index in [2.05, 4.69) is 42.2 Å². The first-order chi connectivity index (χ1) is 38.4. The maximum atomic E-state index is 14.0. The number of hydrogen-bond acceptors (Lipinski definition) is 11. The molecule has 79 heavy (non-hydrogen) atoms. The number of carbonyl (C=O) groups excluding carboxylic acids is 3. The Hall–Kier alpha value is -7.21. The summed E-state index contributed by atoms with van der Waals surface area (Å²) in [6, 6.07) is 14.9. The highest BCUT2D eigenvalue weighted by molar-refractivity contribution is 6.02. The average Bonchev–Trinajstić information content (AvgIpc) is 3.73. The molecule has 1 saturated heterocycles. The van der Waals surface area contributed by atoms with Crippen LogP contribution in [-0.4, -0.2) is 97.9 Å². The van der Waals surface area contributed by atoms with Crippen LogP contribution in [0.15, 0.2) is 59.5 Å². The highest BCUT2D eigenvalue weighted by atomic mass is 19.4. The Labute approximate surface area is 456 Å². The lowest BCUT2D eigenvalue weighted by molar-refractivity contribution is -0.255. The molecule has 7 aliphatic rings. The predicted molar refractivity (Wildman–Crippen MR) is 290 cm³/mol. The van der Waals surface area contributed by atoms with Crippen molar-refractivity contribution >= 4 is 34.7 Å². The number of halogens is 3. The van der Waals surface area contributed by atoms with Crippen molar-refractivity contribution in [3.63, 3.8) is 0 Å². The fourth-order valence-corrected chi connectivity index (χ4v) is 13.5. The number of benzene rings is 4. The first-order valence-electron chi connectivity index (χ1n) is 28.6. The van der Waals surface area contributed by atoms with E-state index < -0.39 is 23.3 Å². The van der Waals surface area contributed by atoms with Gasteiger partial charge in [0.15, 0.2) is 0 Å². The van der Waals surface area contributed by atoms with Crippen LogP contribution in [0.1, 0.15) is 148 Å². The summed E-state index contributed by atoms with van der Waals surface area (Å²) < 4.78 is 57.3. The number of nitrogens with one attached hydrogen (secondary N) is 3. The van der Waals surface area contributed by atoms with Gasteiger partial charge in [-0.15, -0.1) is 0 Å². The summed E-state index contributed by atoms with van der Waals surface area (Å²) in [5.74, 6) is 0.678. The van der Waals surface area contributed by atoms with E-state index >= 15 is 0 Å². The number of fused-ring (bicyclic) bond motifs is 5. The SMILES string of the molecule is O=C(CN1CCC(Oc2ccc3c(c2)CN(c2cn[nH]c(=O)c2C(F)(F)F)C3)CC1)NCCCCCCNC(=O)c1ccc(C(=O)[O-])c(C2=c3cc4c5c(c3Oc3c2cc2c6c3CCCN6CCCC2)CCC[N+]=5CCCC4)c1. The second-order valence-electron chi connectivity index (χ2n) is 22.5. The molecule has 5 aromatic rings. The molecule has 2 amide bonds. The highest BCUT2D eigenvalue weighted by Crippen LogP contribution is 2.49. The predicted octanol–water partition coefficient (Wildman–Crippen LogP) is 5.84. The zero-order valence-corrected chi connectivity index (χ0v) is 44.6. The molecule has 4 aromatic carbocycles. The van der Waals surface area contributed by atoms with Crippen molar-refractivity contribution in [3.05, 3.63) is 137 Å². The van der Waals surface area contributed by atoms with Gasteiger partial charge < -0.3 is 39.8 Å². The zero-order chi connectivity index (χ0) is 54.4. The number of hydrogen-bond donors (Lipinski definition) is 3. The molecule has 0 atom stereocenters. The Balaban J connectivity index is 0.641. The minimum absolute atomic E-state index is 0.0406. The summed E-state index contributed by atoms with van der Waals surface area (Å²) in [6.07, 6.45) is 10.9. The van der Waals surface area contributed by atoms with E-state index in [1.165, 1.54) is 44.3 Å². The van der Waals surface area contributed by atoms with E-state index in [4.69, 9.17) is 9.47 Å². The summed E-state index contributed by atoms with van der Waals surface area (Å²) in [6.45, 7) is 7.10. The molecule has 12 rings (SSSR count). The first kappa shape index (κ1) is 52.5. The number of nitrogens with zero attached hydrogens (tertiary/aromatic N) is 5. The minimum Gasteiger partial charge on any atom is -0.545 e. The van der Waals surface area contributed by atoms with Crippen molar-refractivity contribution in [2.75, 3.05) is 68.7 Å². The van der Waals surface area contributed by atoms with Crippen molar-refractivity contribution in [1.82, 2.24) is 30.3 Å². The van der Waals surface area contributed by atoms with Crippen molar-refractivity contribution in [2.45, 2.75) is 128 Å². The Morgan fingerprint density at radius 3 is 2.34 bits per heavy atom. The minimum atomic E-state index is -4.82. The fraction of sp³-hybridized carbons (Fsp3) is 0.475. The molecule has 1 aromatic heterocycles. The number of unbranched alkanes of at least 4 members (excludes halogenated alkanes) is 3. The molecule has 1 fully saturated rings. The molecule has 0 aliphatic carbocycles. The van der Waals surface area contributed by atoms with E-state index in [9.17, 15) is 37.5 Å². The van der Waals surface area contributed by atoms with Gasteiger partial charge >= 0.3 is 6.18 Å². The summed E-state index contributed by atoms with van der Waals surface area (Å²) in [5, 5.41) is 27.0. The van der Waals surface area contributed by atoms with E-state index in [1.807, 2.05) is 23.3 Å². The third-order valence-corrected chi connectivity index (χ3v) is 17.2. The Kier molecular flexibility index (Phi) is 14.7. The molecule has 15 nitrogen and oxygen atoms in total. The fourth-order valence-electron chi connectivity index (χ4n) is 13.5. The van der Waals surface area contributed by atoms with Gasteiger partial charge in [0.05, 0.1) is 30.0 Å². The number of ether oxygens (including phenoxy) is 2. The molecule has 8 heterocycles. The van der Waals surface area contributed by atoms with Crippen LogP contribution in [0.4, 0.5) is 24.5 Å². The van der Waals surface area contributed by atoms with Crippen LogP contribution in [0, 0.1) is 0 Å². The van der Waals surface area contributed by atoms with E-state index in [0.29, 0.717) is 55.9 Å². The van der Waals surface area contributed by atoms with Crippen LogP contribution >= 0.6 is 0 Å². The first-order valence-corrected chi connectivity index (χ1v) is 28.6. The summed E-state index contributed by atoms with van der Waals surface area (Å²) in [7, 11) is 0. The lowest BCUT2D eigenvalue weighted by Crippen LogP contribution is -2.43. The average molecular weight is 1080 g/mol. The number of aromatic amines is 1. The van der Waals surface area contributed by atoms with Gasteiger partial charge in [-0.3, -0.25) is 19.3 Å². The number of piperidine rings is 1. The van der Waals surface area contributed by atoms with Crippen LogP contribution in [0.2, 0.25) is 0 Å². The maximum absolute atomic E-state index is 14.0. The normalized spacial score (nSPS) is 17.8. The number of aromatic carboxylic acids is 1. The molecule has 3 N–H and O–H groups in total. The molecule has 0 bridgehead atoms. The van der Waals surface area contributed by atoms with Gasteiger partial charge in [0.1, 0.15) is 42.0 Å². The van der Waals surface area contributed by atoms with Gasteiger partial charge in [-0.25, -0.2) is 9.67 Å². The van der Waals surface area contributed by atoms with Gasteiger partial charge in [-0.05, 0) is 136 Å². The molecule has 0 saturated carbocycles. The van der Waals surface area contributed by atoms with Crippen molar-refractivity contribution in [2.24, 2.45) is 0 Å². The van der Waals surface area contributed by atoms with Crippen molar-refractivity contribution < 1.29 is 42.1 Å². The van der Waals surface area contributed by atoms with Crippen molar-refractivity contribution in [1.29, 1.82) is 0 Å². The molecular formula is C61H67F3N8O7. The Morgan fingerprint density at radius 2 is 1.52 bits per heavy atom.